The van der Waals surface area contributed by atoms with Crippen LogP contribution in [0.3, 0.4) is 0 Å². The Morgan fingerprint density at radius 3 is 2.24 bits per heavy atom. The van der Waals surface area contributed by atoms with Gasteiger partial charge in [-0.3, -0.25) is 9.37 Å². The monoisotopic (exact) mass is 628 g/mol. The Balaban J connectivity index is 0.000000212. The maximum absolute atomic E-state index is 13.8. The summed E-state index contributed by atoms with van der Waals surface area (Å²) in [6.45, 7) is 1.90. The van der Waals surface area contributed by atoms with Gasteiger partial charge in [-0.25, -0.2) is 4.39 Å². The van der Waals surface area contributed by atoms with Crippen LogP contribution in [0.5, 0.6) is 0 Å². The summed E-state index contributed by atoms with van der Waals surface area (Å²) < 4.78 is 27.1. The summed E-state index contributed by atoms with van der Waals surface area (Å²) in [7, 11) is 0. The molecule has 0 N–H and O–H groups in total. The summed E-state index contributed by atoms with van der Waals surface area (Å²) in [6.07, 6.45) is 6.83. The van der Waals surface area contributed by atoms with Crippen molar-refractivity contribution in [2.24, 2.45) is 0 Å². The molecule has 0 saturated carbocycles. The standard InChI is InChI=1S/C17H11F2N2.C11H8N.Ir/c1-11-9-16(13-3-2-4-15(18)17(13)19)21-10-14(11)12-5-7-20-8-6-12;1-2-6-10(7-3-1)11-8-4-5-9-12-11;/h2,4-10H,1H3;1-6,8-9H;/q2*-1;. The summed E-state index contributed by atoms with van der Waals surface area (Å²) in [6, 6.07) is 27.4. The van der Waals surface area contributed by atoms with E-state index in [1.807, 2.05) is 61.5 Å². The van der Waals surface area contributed by atoms with Gasteiger partial charge in [-0.05, 0) is 47.6 Å². The van der Waals surface area contributed by atoms with E-state index in [1.165, 1.54) is 6.07 Å². The number of hydrogen-bond acceptors (Lipinski definition) is 3. The second kappa shape index (κ2) is 12.0. The summed E-state index contributed by atoms with van der Waals surface area (Å²) in [4.78, 5) is 12.4. The molecule has 0 aliphatic rings. The number of aromatic nitrogens is 3. The van der Waals surface area contributed by atoms with E-state index in [4.69, 9.17) is 0 Å². The van der Waals surface area contributed by atoms with Gasteiger partial charge < -0.3 is 9.97 Å². The molecule has 0 unspecified atom stereocenters. The van der Waals surface area contributed by atoms with Crippen molar-refractivity contribution < 1.29 is 28.9 Å². The zero-order valence-corrected chi connectivity index (χ0v) is 20.6. The van der Waals surface area contributed by atoms with E-state index in [0.29, 0.717) is 5.69 Å². The minimum atomic E-state index is -0.930. The predicted octanol–water partition coefficient (Wildman–Crippen LogP) is 6.74. The van der Waals surface area contributed by atoms with E-state index in [9.17, 15) is 8.78 Å². The van der Waals surface area contributed by atoms with Gasteiger partial charge in [0.25, 0.3) is 0 Å². The van der Waals surface area contributed by atoms with E-state index in [2.05, 4.69) is 27.1 Å². The largest absolute Gasteiger partial charge is 0.305 e. The molecule has 3 heterocycles. The van der Waals surface area contributed by atoms with Gasteiger partial charge in [0.1, 0.15) is 0 Å². The van der Waals surface area contributed by atoms with Gasteiger partial charge in [0.2, 0.25) is 0 Å². The third kappa shape index (κ3) is 6.04. The number of benzene rings is 2. The van der Waals surface area contributed by atoms with Crippen LogP contribution in [-0.2, 0) is 20.1 Å². The number of halogens is 2. The number of nitrogens with zero attached hydrogens (tertiary/aromatic N) is 3. The number of pyridine rings is 3. The second-order valence-electron chi connectivity index (χ2n) is 7.13. The summed E-state index contributed by atoms with van der Waals surface area (Å²) in [5.74, 6) is -1.83. The van der Waals surface area contributed by atoms with Crippen LogP contribution in [0.15, 0.2) is 97.6 Å². The molecule has 0 atom stereocenters. The van der Waals surface area contributed by atoms with Gasteiger partial charge in [0, 0.05) is 50.5 Å². The van der Waals surface area contributed by atoms with Gasteiger partial charge in [-0.1, -0.05) is 23.8 Å². The average Bonchev–Trinajstić information content (AvgIpc) is 2.88. The Morgan fingerprint density at radius 1 is 0.765 bits per heavy atom. The van der Waals surface area contributed by atoms with Gasteiger partial charge in [0.15, 0.2) is 0 Å². The first-order valence-corrected chi connectivity index (χ1v) is 10.2. The van der Waals surface area contributed by atoms with Crippen LogP contribution in [0.1, 0.15) is 5.56 Å². The molecule has 5 rings (SSSR count). The fourth-order valence-electron chi connectivity index (χ4n) is 3.24. The fourth-order valence-corrected chi connectivity index (χ4v) is 3.24. The maximum atomic E-state index is 13.8. The third-order valence-corrected chi connectivity index (χ3v) is 4.89. The van der Waals surface area contributed by atoms with Crippen LogP contribution >= 0.6 is 0 Å². The molecule has 0 amide bonds. The van der Waals surface area contributed by atoms with E-state index in [1.54, 1.807) is 30.9 Å². The van der Waals surface area contributed by atoms with Crippen LogP contribution in [0, 0.1) is 30.7 Å². The molecule has 0 aliphatic carbocycles. The number of hydrogen-bond donors (Lipinski definition) is 0. The first kappa shape index (κ1) is 25.0. The zero-order chi connectivity index (χ0) is 23.0. The maximum Gasteiger partial charge on any atom is 0.0765 e. The van der Waals surface area contributed by atoms with E-state index in [-0.39, 0.29) is 25.7 Å². The van der Waals surface area contributed by atoms with Crippen molar-refractivity contribution in [3.8, 4) is 33.6 Å². The molecule has 1 radical (unpaired) electrons. The molecule has 3 nitrogen and oxygen atoms in total. The molecule has 0 saturated heterocycles. The van der Waals surface area contributed by atoms with Crippen molar-refractivity contribution in [1.82, 2.24) is 15.0 Å². The first-order valence-electron chi connectivity index (χ1n) is 10.2. The minimum Gasteiger partial charge on any atom is -0.305 e. The molecule has 6 heteroatoms. The van der Waals surface area contributed by atoms with Crippen molar-refractivity contribution in [1.29, 1.82) is 0 Å². The summed E-state index contributed by atoms with van der Waals surface area (Å²) in [5.41, 5.74) is 5.24. The Kier molecular flexibility index (Phi) is 8.86. The quantitative estimate of drug-likeness (QED) is 0.208. The number of rotatable bonds is 3. The molecule has 5 aromatic rings. The summed E-state index contributed by atoms with van der Waals surface area (Å²) in [5, 5.41) is 0. The molecule has 171 valence electrons. The first-order chi connectivity index (χ1) is 16.1. The topological polar surface area (TPSA) is 38.7 Å². The molecule has 2 aromatic carbocycles. The van der Waals surface area contributed by atoms with Gasteiger partial charge >= 0.3 is 0 Å². The van der Waals surface area contributed by atoms with Gasteiger partial charge in [0.05, 0.1) is 11.6 Å². The Morgan fingerprint density at radius 2 is 1.56 bits per heavy atom. The Bertz CT molecular complexity index is 1290. The van der Waals surface area contributed by atoms with E-state index >= 15 is 0 Å². The van der Waals surface area contributed by atoms with Crippen molar-refractivity contribution in [2.45, 2.75) is 6.92 Å². The minimum absolute atomic E-state index is 0. The molecular weight excluding hydrogens is 609 g/mol. The normalized spacial score (nSPS) is 9.97. The molecule has 0 spiro atoms. The molecule has 34 heavy (non-hydrogen) atoms. The van der Waals surface area contributed by atoms with E-state index < -0.39 is 11.6 Å². The SMILES string of the molecule is Cc1cc(-c2[c-]ccc(F)c2F)ncc1-c1ccncc1.[Ir].[c-]1ccccc1-c1ccccn1. The van der Waals surface area contributed by atoms with Crippen LogP contribution in [0.4, 0.5) is 8.78 Å². The summed E-state index contributed by atoms with van der Waals surface area (Å²) >= 11 is 0. The van der Waals surface area contributed by atoms with Gasteiger partial charge in [-0.2, -0.15) is 0 Å². The third-order valence-electron chi connectivity index (χ3n) is 4.89. The van der Waals surface area contributed by atoms with Crippen molar-refractivity contribution >= 4 is 0 Å². The fraction of sp³-hybridized carbons (Fsp3) is 0.0357. The van der Waals surface area contributed by atoms with Crippen molar-refractivity contribution in [3.63, 3.8) is 0 Å². The van der Waals surface area contributed by atoms with Crippen LogP contribution in [0.2, 0.25) is 0 Å². The smallest absolute Gasteiger partial charge is 0.0765 e. The molecule has 3 aromatic heterocycles. The van der Waals surface area contributed by atoms with Crippen molar-refractivity contribution in [2.75, 3.05) is 0 Å². The Labute approximate surface area is 210 Å². The van der Waals surface area contributed by atoms with E-state index in [0.717, 1.165) is 34.0 Å². The second-order valence-corrected chi connectivity index (χ2v) is 7.13. The molecule has 0 aliphatic heterocycles. The van der Waals surface area contributed by atoms with Crippen LogP contribution < -0.4 is 0 Å². The molecule has 0 fully saturated rings. The number of aryl methyl sites for hydroxylation is 1. The predicted molar refractivity (Wildman–Crippen MR) is 125 cm³/mol. The van der Waals surface area contributed by atoms with Crippen LogP contribution in [-0.4, -0.2) is 15.0 Å². The molecular formula is C28H19F2IrN3-2. The Hall–Kier alpha value is -3.60. The average molecular weight is 628 g/mol. The zero-order valence-electron chi connectivity index (χ0n) is 18.2. The van der Waals surface area contributed by atoms with Crippen molar-refractivity contribution in [3.05, 3.63) is 127 Å². The van der Waals surface area contributed by atoms with Crippen LogP contribution in [0.25, 0.3) is 33.6 Å². The molecule has 0 bridgehead atoms. The van der Waals surface area contributed by atoms with Gasteiger partial charge in [-0.15, -0.1) is 54.1 Å².